The van der Waals surface area contributed by atoms with Gasteiger partial charge in [-0.15, -0.1) is 0 Å². The summed E-state index contributed by atoms with van der Waals surface area (Å²) in [5.74, 6) is 1.07. The molecule has 0 saturated carbocycles. The zero-order valence-corrected chi connectivity index (χ0v) is 20.8. The second-order valence-electron chi connectivity index (χ2n) is 10.7. The monoisotopic (exact) mass is 446 g/mol. The Morgan fingerprint density at radius 1 is 1.19 bits per heavy atom. The van der Waals surface area contributed by atoms with E-state index in [-0.39, 0.29) is 36.2 Å². The molecule has 7 atom stereocenters. The molecule has 0 radical (unpaired) electrons. The summed E-state index contributed by atoms with van der Waals surface area (Å²) in [5.41, 5.74) is 0.826. The SMILES string of the molecule is CCO[C@H]1CC(=O)O[C@@H](CC[C@@H]2[C@@H]3C(=C[C@H](C)C[C@@H]3OC(=O)C(C)(C)CC)C=C[C@@H]2C)C1. The number of cyclic esters (lactones) is 1. The Balaban J connectivity index is 1.74. The number of hydrogen-bond donors (Lipinski definition) is 0. The number of esters is 2. The topological polar surface area (TPSA) is 61.8 Å². The molecule has 1 fully saturated rings. The average molecular weight is 447 g/mol. The highest BCUT2D eigenvalue weighted by Crippen LogP contribution is 2.45. The maximum atomic E-state index is 12.9. The van der Waals surface area contributed by atoms with Crippen LogP contribution < -0.4 is 0 Å². The highest BCUT2D eigenvalue weighted by molar-refractivity contribution is 5.76. The first-order valence-corrected chi connectivity index (χ1v) is 12.6. The molecular formula is C27H42O5. The van der Waals surface area contributed by atoms with Gasteiger partial charge in [-0.1, -0.05) is 39.0 Å². The molecule has 3 aliphatic rings. The van der Waals surface area contributed by atoms with Gasteiger partial charge in [0.2, 0.25) is 0 Å². The molecule has 0 aromatic heterocycles. The van der Waals surface area contributed by atoms with Gasteiger partial charge in [0.15, 0.2) is 0 Å². The van der Waals surface area contributed by atoms with Crippen LogP contribution in [-0.4, -0.2) is 36.9 Å². The molecule has 0 spiro atoms. The van der Waals surface area contributed by atoms with Crippen LogP contribution in [0.3, 0.4) is 0 Å². The Bertz CT molecular complexity index is 736. The summed E-state index contributed by atoms with van der Waals surface area (Å²) >= 11 is 0. The van der Waals surface area contributed by atoms with Gasteiger partial charge in [0, 0.05) is 18.9 Å². The van der Waals surface area contributed by atoms with Gasteiger partial charge in [0.1, 0.15) is 12.2 Å². The zero-order chi connectivity index (χ0) is 23.5. The standard InChI is InChI=1S/C27H42O5/c1-7-27(5,6)26(29)32-23-14-17(3)13-19-10-9-18(4)22(25(19)23)12-11-20-15-21(30-8-2)16-24(28)31-20/h9-10,13,17-18,20-23,25H,7-8,11-12,14-16H2,1-6H3/t17-,18-,20-,21+,22-,23-,25-/m0/s1. The molecule has 0 amide bonds. The van der Waals surface area contributed by atoms with Crippen molar-refractivity contribution in [3.63, 3.8) is 0 Å². The Kier molecular flexibility index (Phi) is 8.24. The fourth-order valence-electron chi connectivity index (χ4n) is 5.43. The molecule has 5 nitrogen and oxygen atoms in total. The van der Waals surface area contributed by atoms with E-state index in [0.717, 1.165) is 32.1 Å². The van der Waals surface area contributed by atoms with Crippen LogP contribution in [0, 0.1) is 29.1 Å². The van der Waals surface area contributed by atoms with Crippen molar-refractivity contribution in [3.05, 3.63) is 23.8 Å². The van der Waals surface area contributed by atoms with Crippen molar-refractivity contribution in [1.29, 1.82) is 0 Å². The van der Waals surface area contributed by atoms with Gasteiger partial charge in [-0.2, -0.15) is 0 Å². The molecule has 0 unspecified atom stereocenters. The maximum absolute atomic E-state index is 12.9. The highest BCUT2D eigenvalue weighted by Gasteiger charge is 2.43. The third kappa shape index (κ3) is 5.84. The molecule has 32 heavy (non-hydrogen) atoms. The summed E-state index contributed by atoms with van der Waals surface area (Å²) in [4.78, 5) is 25.0. The van der Waals surface area contributed by atoms with E-state index in [9.17, 15) is 9.59 Å². The largest absolute Gasteiger partial charge is 0.462 e. The number of allylic oxidation sites excluding steroid dienone is 3. The van der Waals surface area contributed by atoms with E-state index in [1.807, 2.05) is 27.7 Å². The normalized spacial score (nSPS) is 35.0. The molecule has 1 saturated heterocycles. The number of hydrogen-bond acceptors (Lipinski definition) is 5. The van der Waals surface area contributed by atoms with Crippen molar-refractivity contribution in [2.24, 2.45) is 29.1 Å². The second kappa shape index (κ2) is 10.5. The lowest BCUT2D eigenvalue weighted by atomic mass is 9.65. The molecule has 0 bridgehead atoms. The lowest BCUT2D eigenvalue weighted by molar-refractivity contribution is -0.166. The number of ether oxygens (including phenoxy) is 3. The van der Waals surface area contributed by atoms with Gasteiger partial charge >= 0.3 is 11.9 Å². The number of rotatable bonds is 8. The molecule has 0 N–H and O–H groups in total. The third-order valence-corrected chi connectivity index (χ3v) is 7.73. The van der Waals surface area contributed by atoms with Gasteiger partial charge in [-0.05, 0) is 69.8 Å². The maximum Gasteiger partial charge on any atom is 0.311 e. The van der Waals surface area contributed by atoms with Gasteiger partial charge in [-0.3, -0.25) is 9.59 Å². The van der Waals surface area contributed by atoms with E-state index in [4.69, 9.17) is 14.2 Å². The van der Waals surface area contributed by atoms with Crippen LogP contribution in [0.4, 0.5) is 0 Å². The predicted molar refractivity (Wildman–Crippen MR) is 125 cm³/mol. The molecule has 2 aliphatic carbocycles. The third-order valence-electron chi connectivity index (χ3n) is 7.73. The molecule has 180 valence electrons. The van der Waals surface area contributed by atoms with Gasteiger partial charge in [-0.25, -0.2) is 0 Å². The molecule has 1 heterocycles. The molecule has 0 aromatic carbocycles. The Labute approximate surface area is 193 Å². The van der Waals surface area contributed by atoms with Gasteiger partial charge in [0.05, 0.1) is 17.9 Å². The van der Waals surface area contributed by atoms with Crippen molar-refractivity contribution in [3.8, 4) is 0 Å². The van der Waals surface area contributed by atoms with Gasteiger partial charge in [0.25, 0.3) is 0 Å². The quantitative estimate of drug-likeness (QED) is 0.452. The first kappa shape index (κ1) is 25.0. The lowest BCUT2D eigenvalue weighted by Gasteiger charge is -2.44. The molecule has 3 rings (SSSR count). The van der Waals surface area contributed by atoms with Crippen LogP contribution in [0.25, 0.3) is 0 Å². The minimum atomic E-state index is -0.471. The summed E-state index contributed by atoms with van der Waals surface area (Å²) in [6.45, 7) is 13.0. The minimum Gasteiger partial charge on any atom is -0.462 e. The Hall–Kier alpha value is -1.62. The lowest BCUT2D eigenvalue weighted by Crippen LogP contribution is -2.43. The first-order valence-electron chi connectivity index (χ1n) is 12.6. The van der Waals surface area contributed by atoms with Crippen LogP contribution in [0.5, 0.6) is 0 Å². The van der Waals surface area contributed by atoms with Crippen molar-refractivity contribution < 1.29 is 23.8 Å². The number of carbonyl (C=O) groups is 2. The van der Waals surface area contributed by atoms with Crippen LogP contribution in [0.2, 0.25) is 0 Å². The smallest absolute Gasteiger partial charge is 0.311 e. The van der Waals surface area contributed by atoms with Gasteiger partial charge < -0.3 is 14.2 Å². The fourth-order valence-corrected chi connectivity index (χ4v) is 5.43. The summed E-state index contributed by atoms with van der Waals surface area (Å²) in [5, 5.41) is 0. The summed E-state index contributed by atoms with van der Waals surface area (Å²) < 4.78 is 17.6. The molecule has 5 heteroatoms. The van der Waals surface area contributed by atoms with E-state index in [1.54, 1.807) is 0 Å². The Morgan fingerprint density at radius 2 is 1.94 bits per heavy atom. The average Bonchev–Trinajstić information content (AvgIpc) is 2.73. The van der Waals surface area contributed by atoms with Crippen LogP contribution in [0.1, 0.15) is 80.1 Å². The summed E-state index contributed by atoms with van der Waals surface area (Å²) in [6.07, 6.45) is 11.1. The number of fused-ring (bicyclic) bond motifs is 1. The number of carbonyl (C=O) groups excluding carboxylic acids is 2. The Morgan fingerprint density at radius 3 is 2.62 bits per heavy atom. The van der Waals surface area contributed by atoms with Crippen molar-refractivity contribution in [2.45, 2.75) is 98.4 Å². The van der Waals surface area contributed by atoms with Crippen molar-refractivity contribution in [2.75, 3.05) is 6.61 Å². The highest BCUT2D eigenvalue weighted by atomic mass is 16.6. The summed E-state index contributed by atoms with van der Waals surface area (Å²) in [6, 6.07) is 0. The van der Waals surface area contributed by atoms with Crippen molar-refractivity contribution >= 4 is 11.9 Å². The van der Waals surface area contributed by atoms with Crippen LogP contribution >= 0.6 is 0 Å². The van der Waals surface area contributed by atoms with E-state index in [1.165, 1.54) is 5.57 Å². The fraction of sp³-hybridized carbons (Fsp3) is 0.778. The van der Waals surface area contributed by atoms with E-state index in [0.29, 0.717) is 30.8 Å². The zero-order valence-electron chi connectivity index (χ0n) is 20.8. The van der Waals surface area contributed by atoms with E-state index in [2.05, 4.69) is 32.1 Å². The van der Waals surface area contributed by atoms with Crippen molar-refractivity contribution in [1.82, 2.24) is 0 Å². The first-order chi connectivity index (χ1) is 15.1. The van der Waals surface area contributed by atoms with Crippen LogP contribution in [0.15, 0.2) is 23.8 Å². The second-order valence-corrected chi connectivity index (χ2v) is 10.7. The summed E-state index contributed by atoms with van der Waals surface area (Å²) in [7, 11) is 0. The molecular weight excluding hydrogens is 404 g/mol. The predicted octanol–water partition coefficient (Wildman–Crippen LogP) is 5.63. The van der Waals surface area contributed by atoms with Crippen LogP contribution in [-0.2, 0) is 23.8 Å². The minimum absolute atomic E-state index is 0.0362. The molecule has 0 aromatic rings. The van der Waals surface area contributed by atoms with E-state index < -0.39 is 5.41 Å². The molecule has 1 aliphatic heterocycles. The van der Waals surface area contributed by atoms with E-state index >= 15 is 0 Å².